The van der Waals surface area contributed by atoms with Crippen LogP contribution in [0.15, 0.2) is 41.3 Å². The van der Waals surface area contributed by atoms with Gasteiger partial charge < -0.3 is 15.0 Å². The van der Waals surface area contributed by atoms with E-state index in [-0.39, 0.29) is 35.5 Å². The normalized spacial score (nSPS) is 13.2. The number of hydrogen-bond donors (Lipinski definition) is 2. The Labute approximate surface area is 189 Å². The third kappa shape index (κ3) is 5.42. The van der Waals surface area contributed by atoms with Gasteiger partial charge in [0.2, 0.25) is 11.8 Å². The van der Waals surface area contributed by atoms with Gasteiger partial charge in [0.1, 0.15) is 17.5 Å². The van der Waals surface area contributed by atoms with E-state index >= 15 is 4.39 Å². The van der Waals surface area contributed by atoms with Crippen LogP contribution in [0.2, 0.25) is 0 Å². The number of rotatable bonds is 8. The van der Waals surface area contributed by atoms with Gasteiger partial charge >= 0.3 is 0 Å². The van der Waals surface area contributed by atoms with Crippen LogP contribution in [-0.2, 0) is 11.3 Å². The van der Waals surface area contributed by atoms with Crippen molar-refractivity contribution in [3.05, 3.63) is 64.1 Å². The summed E-state index contributed by atoms with van der Waals surface area (Å²) in [4.78, 5) is 35.0. The summed E-state index contributed by atoms with van der Waals surface area (Å²) in [6.07, 6.45) is 3.82. The maximum Gasteiger partial charge on any atom is 0.251 e. The second-order valence-electron chi connectivity index (χ2n) is 8.39. The second kappa shape index (κ2) is 9.48. The molecule has 33 heavy (non-hydrogen) atoms. The van der Waals surface area contributed by atoms with Gasteiger partial charge in [-0.2, -0.15) is 0 Å². The summed E-state index contributed by atoms with van der Waals surface area (Å²) in [5.74, 6) is -1.52. The van der Waals surface area contributed by atoms with Crippen molar-refractivity contribution in [1.29, 1.82) is 0 Å². The van der Waals surface area contributed by atoms with Crippen molar-refractivity contribution in [3.63, 3.8) is 0 Å². The molecule has 0 unspecified atom stereocenters. The largest absolute Gasteiger partial charge is 0.477 e. The standard InChI is InChI=1S/C24H24F2N4O3/c1-13(2)24(32)28-11-16-5-7-17(25)21(22(16)26)23-29-18(9-19(31)30-23)15-6-8-20(27-10-15)33-12-14-3-4-14/h5-10,13-14H,3-4,11-12H2,1-2H3,(H,28,32)(H,29,30,31). The Morgan fingerprint density at radius 2 is 2.03 bits per heavy atom. The molecule has 0 aliphatic heterocycles. The molecule has 2 heterocycles. The van der Waals surface area contributed by atoms with Crippen molar-refractivity contribution in [3.8, 4) is 28.5 Å². The molecule has 172 valence electrons. The molecule has 4 rings (SSSR count). The molecule has 0 spiro atoms. The molecule has 0 radical (unpaired) electrons. The quantitative estimate of drug-likeness (QED) is 0.539. The minimum Gasteiger partial charge on any atom is -0.477 e. The van der Waals surface area contributed by atoms with Crippen LogP contribution in [0.3, 0.4) is 0 Å². The van der Waals surface area contributed by atoms with Crippen LogP contribution < -0.4 is 15.6 Å². The van der Waals surface area contributed by atoms with E-state index in [9.17, 15) is 14.0 Å². The number of H-pyrrole nitrogens is 1. The molecule has 0 bridgehead atoms. The van der Waals surface area contributed by atoms with Gasteiger partial charge in [0, 0.05) is 41.9 Å². The van der Waals surface area contributed by atoms with E-state index < -0.39 is 22.8 Å². The molecule has 0 saturated heterocycles. The predicted molar refractivity (Wildman–Crippen MR) is 118 cm³/mol. The summed E-state index contributed by atoms with van der Waals surface area (Å²) >= 11 is 0. The fourth-order valence-electron chi connectivity index (χ4n) is 3.16. The number of benzene rings is 1. The Morgan fingerprint density at radius 1 is 1.24 bits per heavy atom. The van der Waals surface area contributed by atoms with E-state index in [0.717, 1.165) is 18.9 Å². The number of aromatic nitrogens is 3. The Morgan fingerprint density at radius 3 is 2.70 bits per heavy atom. The summed E-state index contributed by atoms with van der Waals surface area (Å²) < 4.78 is 35.4. The molecule has 0 atom stereocenters. The van der Waals surface area contributed by atoms with Gasteiger partial charge in [0.05, 0.1) is 17.9 Å². The molecule has 1 aliphatic rings. The monoisotopic (exact) mass is 454 g/mol. The first-order valence-electron chi connectivity index (χ1n) is 10.8. The van der Waals surface area contributed by atoms with Gasteiger partial charge in [0.15, 0.2) is 0 Å². The number of nitrogens with zero attached hydrogens (tertiary/aromatic N) is 2. The van der Waals surface area contributed by atoms with Gasteiger partial charge in [-0.1, -0.05) is 19.9 Å². The van der Waals surface area contributed by atoms with E-state index in [1.54, 1.807) is 26.0 Å². The summed E-state index contributed by atoms with van der Waals surface area (Å²) in [6.45, 7) is 3.92. The van der Waals surface area contributed by atoms with Crippen LogP contribution in [0.4, 0.5) is 8.78 Å². The first kappa shape index (κ1) is 22.6. The zero-order chi connectivity index (χ0) is 23.5. The van der Waals surface area contributed by atoms with E-state index in [1.807, 2.05) is 0 Å². The maximum absolute atomic E-state index is 15.2. The summed E-state index contributed by atoms with van der Waals surface area (Å²) in [6, 6.07) is 6.91. The van der Waals surface area contributed by atoms with Crippen LogP contribution in [0.5, 0.6) is 5.88 Å². The summed E-state index contributed by atoms with van der Waals surface area (Å²) in [7, 11) is 0. The summed E-state index contributed by atoms with van der Waals surface area (Å²) in [5.41, 5.74) is -0.245. The highest BCUT2D eigenvalue weighted by atomic mass is 19.1. The first-order valence-corrected chi connectivity index (χ1v) is 10.8. The third-order valence-electron chi connectivity index (χ3n) is 5.32. The van der Waals surface area contributed by atoms with Crippen molar-refractivity contribution in [2.24, 2.45) is 11.8 Å². The van der Waals surface area contributed by atoms with E-state index in [4.69, 9.17) is 4.74 Å². The zero-order valence-electron chi connectivity index (χ0n) is 18.3. The van der Waals surface area contributed by atoms with Gasteiger partial charge in [-0.05, 0) is 30.9 Å². The number of carbonyl (C=O) groups is 1. The molecule has 2 N–H and O–H groups in total. The first-order chi connectivity index (χ1) is 15.8. The fraction of sp³-hybridized carbons (Fsp3) is 0.333. The highest BCUT2D eigenvalue weighted by Gasteiger charge is 2.22. The minimum absolute atomic E-state index is 0.0762. The fourth-order valence-corrected chi connectivity index (χ4v) is 3.16. The molecule has 1 amide bonds. The smallest absolute Gasteiger partial charge is 0.251 e. The Bertz CT molecular complexity index is 1220. The van der Waals surface area contributed by atoms with Crippen molar-refractivity contribution >= 4 is 5.91 Å². The number of halogens is 2. The average molecular weight is 454 g/mol. The second-order valence-corrected chi connectivity index (χ2v) is 8.39. The Kier molecular flexibility index (Phi) is 6.48. The average Bonchev–Trinajstić information content (AvgIpc) is 3.61. The van der Waals surface area contributed by atoms with Crippen molar-refractivity contribution < 1.29 is 18.3 Å². The summed E-state index contributed by atoms with van der Waals surface area (Å²) in [5, 5.41) is 2.60. The lowest BCUT2D eigenvalue weighted by Gasteiger charge is -2.12. The van der Waals surface area contributed by atoms with Gasteiger partial charge in [-0.15, -0.1) is 0 Å². The molecular formula is C24H24F2N4O3. The molecule has 1 saturated carbocycles. The molecule has 3 aromatic rings. The number of aromatic amines is 1. The van der Waals surface area contributed by atoms with Crippen LogP contribution in [0.1, 0.15) is 32.3 Å². The van der Waals surface area contributed by atoms with Gasteiger partial charge in [0.25, 0.3) is 5.56 Å². The van der Waals surface area contributed by atoms with Gasteiger partial charge in [-0.3, -0.25) is 9.59 Å². The lowest BCUT2D eigenvalue weighted by atomic mass is 10.1. The van der Waals surface area contributed by atoms with Crippen LogP contribution in [0.25, 0.3) is 22.6 Å². The topological polar surface area (TPSA) is 97.0 Å². The molecule has 1 aliphatic carbocycles. The Hall–Kier alpha value is -3.62. The molecular weight excluding hydrogens is 430 g/mol. The lowest BCUT2D eigenvalue weighted by molar-refractivity contribution is -0.124. The Balaban J connectivity index is 1.62. The van der Waals surface area contributed by atoms with E-state index in [0.29, 0.717) is 24.0 Å². The van der Waals surface area contributed by atoms with Crippen molar-refractivity contribution in [2.75, 3.05) is 6.61 Å². The SMILES string of the molecule is CC(C)C(=O)NCc1ccc(F)c(-c2nc(-c3ccc(OCC4CC4)nc3)cc(=O)[nH]2)c1F. The number of ether oxygens (including phenoxy) is 1. The minimum atomic E-state index is -0.902. The van der Waals surface area contributed by atoms with Crippen LogP contribution in [-0.4, -0.2) is 27.5 Å². The maximum atomic E-state index is 15.2. The number of hydrogen-bond acceptors (Lipinski definition) is 5. The van der Waals surface area contributed by atoms with Crippen LogP contribution in [0, 0.1) is 23.5 Å². The van der Waals surface area contributed by atoms with E-state index in [1.165, 1.54) is 18.3 Å². The molecule has 1 aromatic carbocycles. The predicted octanol–water partition coefficient (Wildman–Crippen LogP) is 3.84. The molecule has 9 heteroatoms. The van der Waals surface area contributed by atoms with Gasteiger partial charge in [-0.25, -0.2) is 18.7 Å². The molecule has 1 fully saturated rings. The molecule has 7 nitrogen and oxygen atoms in total. The van der Waals surface area contributed by atoms with Crippen LogP contribution >= 0.6 is 0 Å². The van der Waals surface area contributed by atoms with Crippen molar-refractivity contribution in [2.45, 2.75) is 33.2 Å². The number of carbonyl (C=O) groups excluding carboxylic acids is 1. The third-order valence-corrected chi connectivity index (χ3v) is 5.32. The lowest BCUT2D eigenvalue weighted by Crippen LogP contribution is -2.27. The molecule has 2 aromatic heterocycles. The van der Waals surface area contributed by atoms with E-state index in [2.05, 4.69) is 20.3 Å². The number of amides is 1. The van der Waals surface area contributed by atoms with Crippen molar-refractivity contribution in [1.82, 2.24) is 20.3 Å². The number of pyridine rings is 1. The highest BCUT2D eigenvalue weighted by molar-refractivity contribution is 5.77. The highest BCUT2D eigenvalue weighted by Crippen LogP contribution is 2.30. The zero-order valence-corrected chi connectivity index (χ0v) is 18.3. The number of nitrogens with one attached hydrogen (secondary N) is 2.